The van der Waals surface area contributed by atoms with Crippen molar-refractivity contribution in [2.75, 3.05) is 17.2 Å². The van der Waals surface area contributed by atoms with Gasteiger partial charge in [-0.1, -0.05) is 18.2 Å². The van der Waals surface area contributed by atoms with Crippen LogP contribution in [-0.2, 0) is 14.8 Å². The Morgan fingerprint density at radius 2 is 1.62 bits per heavy atom. The van der Waals surface area contributed by atoms with Crippen LogP contribution in [0.5, 0.6) is 5.75 Å². The van der Waals surface area contributed by atoms with E-state index in [9.17, 15) is 13.2 Å². The van der Waals surface area contributed by atoms with Crippen LogP contribution in [0.25, 0.3) is 0 Å². The molecular formula is C22H30N2O4S. The van der Waals surface area contributed by atoms with E-state index >= 15 is 0 Å². The molecule has 158 valence electrons. The van der Waals surface area contributed by atoms with Gasteiger partial charge in [0.1, 0.15) is 11.8 Å². The van der Waals surface area contributed by atoms with Gasteiger partial charge in [0.2, 0.25) is 15.9 Å². The van der Waals surface area contributed by atoms with Crippen LogP contribution in [0, 0.1) is 13.8 Å². The van der Waals surface area contributed by atoms with Crippen molar-refractivity contribution in [1.82, 2.24) is 5.32 Å². The van der Waals surface area contributed by atoms with Crippen molar-refractivity contribution in [2.24, 2.45) is 0 Å². The van der Waals surface area contributed by atoms with Crippen LogP contribution < -0.4 is 14.4 Å². The predicted octanol–water partition coefficient (Wildman–Crippen LogP) is 3.73. The second-order valence-corrected chi connectivity index (χ2v) is 9.17. The maximum absolute atomic E-state index is 12.9. The van der Waals surface area contributed by atoms with Gasteiger partial charge in [-0.05, 0) is 75.6 Å². The molecule has 1 N–H and O–H groups in total. The van der Waals surface area contributed by atoms with Crippen molar-refractivity contribution in [3.8, 4) is 5.75 Å². The van der Waals surface area contributed by atoms with Crippen molar-refractivity contribution >= 4 is 21.6 Å². The summed E-state index contributed by atoms with van der Waals surface area (Å²) in [4.78, 5) is 12.9. The van der Waals surface area contributed by atoms with Gasteiger partial charge in [-0.3, -0.25) is 9.10 Å². The zero-order valence-electron chi connectivity index (χ0n) is 17.9. The number of sulfonamides is 1. The minimum Gasteiger partial charge on any atom is -0.494 e. The standard InChI is InChI=1S/C22H30N2O4S/c1-7-28-21-10-8-19(9-11-21)17(4)23-22(25)18(5)24(29(6,26)27)20-13-15(2)12-16(3)14-20/h8-14,17-18H,7H2,1-6H3,(H,23,25). The maximum Gasteiger partial charge on any atom is 0.244 e. The lowest BCUT2D eigenvalue weighted by atomic mass is 10.1. The lowest BCUT2D eigenvalue weighted by Gasteiger charge is -2.30. The van der Waals surface area contributed by atoms with Crippen LogP contribution in [0.2, 0.25) is 0 Å². The van der Waals surface area contributed by atoms with Crippen LogP contribution in [0.3, 0.4) is 0 Å². The molecule has 0 heterocycles. The fraction of sp³-hybridized carbons (Fsp3) is 0.409. The third kappa shape index (κ3) is 5.97. The van der Waals surface area contributed by atoms with E-state index in [2.05, 4.69) is 5.32 Å². The normalized spacial score (nSPS) is 13.4. The third-order valence-electron chi connectivity index (χ3n) is 4.60. The summed E-state index contributed by atoms with van der Waals surface area (Å²) in [6, 6.07) is 11.8. The molecule has 0 radical (unpaired) electrons. The fourth-order valence-electron chi connectivity index (χ4n) is 3.32. The van der Waals surface area contributed by atoms with Gasteiger partial charge < -0.3 is 10.1 Å². The van der Waals surface area contributed by atoms with Crippen LogP contribution in [0.15, 0.2) is 42.5 Å². The Bertz CT molecular complexity index is 935. The second kappa shape index (κ2) is 9.31. The number of hydrogen-bond acceptors (Lipinski definition) is 4. The number of ether oxygens (including phenoxy) is 1. The Morgan fingerprint density at radius 3 is 2.10 bits per heavy atom. The lowest BCUT2D eigenvalue weighted by molar-refractivity contribution is -0.122. The number of nitrogens with one attached hydrogen (secondary N) is 1. The number of amides is 1. The first-order chi connectivity index (χ1) is 13.5. The molecule has 0 fully saturated rings. The molecule has 0 aliphatic carbocycles. The van der Waals surface area contributed by atoms with Gasteiger partial charge in [0.15, 0.2) is 0 Å². The van der Waals surface area contributed by atoms with Crippen molar-refractivity contribution < 1.29 is 17.9 Å². The Morgan fingerprint density at radius 1 is 1.07 bits per heavy atom. The van der Waals surface area contributed by atoms with Gasteiger partial charge in [0.25, 0.3) is 0 Å². The molecule has 2 rings (SSSR count). The average Bonchev–Trinajstić information content (AvgIpc) is 2.60. The smallest absolute Gasteiger partial charge is 0.244 e. The summed E-state index contributed by atoms with van der Waals surface area (Å²) < 4.78 is 31.6. The van der Waals surface area contributed by atoms with Crippen LogP contribution in [0.1, 0.15) is 43.5 Å². The number of benzene rings is 2. The highest BCUT2D eigenvalue weighted by atomic mass is 32.2. The molecule has 0 saturated heterocycles. The van der Waals surface area contributed by atoms with Crippen LogP contribution >= 0.6 is 0 Å². The summed E-state index contributed by atoms with van der Waals surface area (Å²) in [6.07, 6.45) is 1.12. The highest BCUT2D eigenvalue weighted by molar-refractivity contribution is 7.92. The summed E-state index contributed by atoms with van der Waals surface area (Å²) in [5, 5.41) is 2.91. The highest BCUT2D eigenvalue weighted by Gasteiger charge is 2.30. The minimum absolute atomic E-state index is 0.277. The second-order valence-electron chi connectivity index (χ2n) is 7.31. The van der Waals surface area contributed by atoms with E-state index in [4.69, 9.17) is 4.74 Å². The van der Waals surface area contributed by atoms with Gasteiger partial charge in [0, 0.05) is 0 Å². The zero-order chi connectivity index (χ0) is 21.8. The minimum atomic E-state index is -3.65. The van der Waals surface area contributed by atoms with Gasteiger partial charge in [-0.25, -0.2) is 8.42 Å². The fourth-order valence-corrected chi connectivity index (χ4v) is 4.48. The Labute approximate surface area is 173 Å². The highest BCUT2D eigenvalue weighted by Crippen LogP contribution is 2.24. The molecule has 2 unspecified atom stereocenters. The van der Waals surface area contributed by atoms with Crippen molar-refractivity contribution in [2.45, 2.75) is 46.7 Å². The first-order valence-corrected chi connectivity index (χ1v) is 11.5. The van der Waals surface area contributed by atoms with Crippen molar-refractivity contribution in [1.29, 1.82) is 0 Å². The summed E-state index contributed by atoms with van der Waals surface area (Å²) in [5.41, 5.74) is 3.26. The molecule has 0 aromatic heterocycles. The van der Waals surface area contributed by atoms with E-state index in [-0.39, 0.29) is 11.9 Å². The molecule has 6 nitrogen and oxygen atoms in total. The lowest BCUT2D eigenvalue weighted by Crippen LogP contribution is -2.48. The molecule has 0 bridgehead atoms. The quantitative estimate of drug-likeness (QED) is 0.709. The molecule has 29 heavy (non-hydrogen) atoms. The summed E-state index contributed by atoms with van der Waals surface area (Å²) >= 11 is 0. The number of aryl methyl sites for hydroxylation is 2. The molecule has 0 saturated carbocycles. The largest absolute Gasteiger partial charge is 0.494 e. The number of hydrogen-bond donors (Lipinski definition) is 1. The molecule has 7 heteroatoms. The molecule has 2 aromatic rings. The van der Waals surface area contributed by atoms with Crippen molar-refractivity contribution in [3.63, 3.8) is 0 Å². The first-order valence-electron chi connectivity index (χ1n) is 9.63. The summed E-state index contributed by atoms with van der Waals surface area (Å²) in [5.74, 6) is 0.400. The number of carbonyl (C=O) groups is 1. The Hall–Kier alpha value is -2.54. The average molecular weight is 419 g/mol. The van der Waals surface area contributed by atoms with E-state index < -0.39 is 16.1 Å². The molecule has 0 aliphatic rings. The Kier molecular flexibility index (Phi) is 7.30. The van der Waals surface area contributed by atoms with E-state index in [1.165, 1.54) is 4.31 Å². The van der Waals surface area contributed by atoms with E-state index in [0.29, 0.717) is 12.3 Å². The van der Waals surface area contributed by atoms with Crippen LogP contribution in [0.4, 0.5) is 5.69 Å². The summed E-state index contributed by atoms with van der Waals surface area (Å²) in [7, 11) is -3.65. The first kappa shape index (κ1) is 22.7. The molecule has 1 amide bonds. The van der Waals surface area contributed by atoms with E-state index in [0.717, 1.165) is 28.7 Å². The molecule has 0 aliphatic heterocycles. The van der Waals surface area contributed by atoms with E-state index in [1.54, 1.807) is 19.1 Å². The van der Waals surface area contributed by atoms with Crippen molar-refractivity contribution in [3.05, 3.63) is 59.2 Å². The third-order valence-corrected chi connectivity index (χ3v) is 5.84. The molecular weight excluding hydrogens is 388 g/mol. The molecule has 0 spiro atoms. The Balaban J connectivity index is 2.22. The van der Waals surface area contributed by atoms with Gasteiger partial charge in [-0.2, -0.15) is 0 Å². The van der Waals surface area contributed by atoms with E-state index in [1.807, 2.05) is 58.0 Å². The monoisotopic (exact) mass is 418 g/mol. The SMILES string of the molecule is CCOc1ccc(C(C)NC(=O)C(C)N(c2cc(C)cc(C)c2)S(C)(=O)=O)cc1. The summed E-state index contributed by atoms with van der Waals surface area (Å²) in [6.45, 7) is 9.76. The van der Waals surface area contributed by atoms with Gasteiger partial charge in [-0.15, -0.1) is 0 Å². The predicted molar refractivity (Wildman–Crippen MR) is 117 cm³/mol. The number of nitrogens with zero attached hydrogens (tertiary/aromatic N) is 1. The maximum atomic E-state index is 12.9. The van der Waals surface area contributed by atoms with Gasteiger partial charge in [0.05, 0.1) is 24.6 Å². The van der Waals surface area contributed by atoms with Gasteiger partial charge >= 0.3 is 0 Å². The molecule has 2 atom stereocenters. The number of carbonyl (C=O) groups excluding carboxylic acids is 1. The zero-order valence-corrected chi connectivity index (χ0v) is 18.7. The van der Waals surface area contributed by atoms with Crippen LogP contribution in [-0.4, -0.2) is 33.2 Å². The molecule has 2 aromatic carbocycles. The topological polar surface area (TPSA) is 75.7 Å². The number of rotatable bonds is 8. The number of anilines is 1.